The zero-order valence-corrected chi connectivity index (χ0v) is 20.2. The maximum atomic E-state index is 15.3. The Bertz CT molecular complexity index is 938. The molecule has 2 aromatic rings. The van der Waals surface area contributed by atoms with Crippen LogP contribution in [0, 0.1) is 10.8 Å². The summed E-state index contributed by atoms with van der Waals surface area (Å²) in [6.45, 7) is 8.23. The Morgan fingerprint density at radius 1 is 0.968 bits per heavy atom. The smallest absolute Gasteiger partial charge is 0.374 e. The molecule has 10 heteroatoms. The highest BCUT2D eigenvalue weighted by Gasteiger charge is 2.40. The van der Waals surface area contributed by atoms with Gasteiger partial charge in [-0.25, -0.2) is 4.39 Å². The molecule has 0 radical (unpaired) electrons. The molecule has 0 amide bonds. The molecule has 0 N–H and O–H groups in total. The van der Waals surface area contributed by atoms with Gasteiger partial charge in [-0.05, 0) is 76.1 Å². The number of carbonyl (C=O) groups is 2. The maximum Gasteiger partial charge on any atom is 0.374 e. The first kappa shape index (κ1) is 25.5. The lowest BCUT2D eigenvalue weighted by Gasteiger charge is -2.24. The first-order chi connectivity index (χ1) is 14.2. The van der Waals surface area contributed by atoms with Gasteiger partial charge in [0.15, 0.2) is 0 Å². The Morgan fingerprint density at radius 2 is 1.48 bits per heavy atom. The number of ether oxygens (including phenoxy) is 2. The molecule has 0 aliphatic rings. The number of alkyl halides is 1. The second-order valence-electron chi connectivity index (χ2n) is 8.95. The fourth-order valence-electron chi connectivity index (χ4n) is 2.22. The molecule has 0 fully saturated rings. The van der Waals surface area contributed by atoms with Gasteiger partial charge in [-0.1, -0.05) is 6.07 Å². The van der Waals surface area contributed by atoms with E-state index < -0.39 is 49.9 Å². The van der Waals surface area contributed by atoms with Crippen molar-refractivity contribution in [1.29, 1.82) is 0 Å². The van der Waals surface area contributed by atoms with Crippen LogP contribution in [0.3, 0.4) is 0 Å². The Labute approximate surface area is 185 Å². The Balaban J connectivity index is 2.17. The number of hydrogen-bond acceptors (Lipinski definition) is 8. The maximum absolute atomic E-state index is 15.3. The van der Waals surface area contributed by atoms with Crippen LogP contribution in [0.2, 0.25) is 0 Å². The quantitative estimate of drug-likeness (QED) is 0.256. The van der Waals surface area contributed by atoms with E-state index >= 15 is 4.39 Å². The number of benzene rings is 1. The number of rotatable bonds is 8. The van der Waals surface area contributed by atoms with E-state index in [9.17, 15) is 14.2 Å². The largest absolute Gasteiger partial charge is 0.438 e. The summed E-state index contributed by atoms with van der Waals surface area (Å²) in [5.41, 5.74) is -1.58. The zero-order valence-electron chi connectivity index (χ0n) is 18.5. The molecule has 1 heterocycles. The van der Waals surface area contributed by atoms with Gasteiger partial charge in [0.1, 0.15) is 0 Å². The van der Waals surface area contributed by atoms with Crippen LogP contribution >= 0.6 is 18.9 Å². The molecule has 0 spiro atoms. The van der Waals surface area contributed by atoms with Crippen molar-refractivity contribution in [2.75, 3.05) is 13.6 Å². The highest BCUT2D eigenvalue weighted by atomic mass is 32.1. The Hall–Kier alpha value is -1.80. The minimum absolute atomic E-state index is 0.0681. The van der Waals surface area contributed by atoms with Crippen molar-refractivity contribution in [2.24, 2.45) is 10.8 Å². The fourth-order valence-corrected chi connectivity index (χ4v) is 4.26. The van der Waals surface area contributed by atoms with E-state index in [1.54, 1.807) is 53.7 Å². The molecule has 31 heavy (non-hydrogen) atoms. The SMILES string of the molecule is CC(C)(C)C(=O)OCOP(=O)(OCOC(=O)C(C)(C)C)[C@@H](F)c1ccc2sccc2c1. The molecule has 0 aliphatic heterocycles. The van der Waals surface area contributed by atoms with Gasteiger partial charge in [0.2, 0.25) is 19.5 Å². The van der Waals surface area contributed by atoms with Crippen LogP contribution in [-0.4, -0.2) is 25.5 Å². The molecule has 1 aromatic carbocycles. The number of thiophene rings is 1. The van der Waals surface area contributed by atoms with Crippen molar-refractivity contribution < 1.29 is 37.1 Å². The van der Waals surface area contributed by atoms with Crippen LogP contribution in [-0.2, 0) is 32.7 Å². The molecular weight excluding hydrogens is 446 g/mol. The summed E-state index contributed by atoms with van der Waals surface area (Å²) in [7, 11) is -4.53. The molecule has 7 nitrogen and oxygen atoms in total. The summed E-state index contributed by atoms with van der Waals surface area (Å²) in [4.78, 5) is 23.9. The summed E-state index contributed by atoms with van der Waals surface area (Å²) in [6, 6.07) is 6.52. The van der Waals surface area contributed by atoms with Crippen LogP contribution in [0.1, 0.15) is 53.0 Å². The van der Waals surface area contributed by atoms with Crippen molar-refractivity contribution in [3.05, 3.63) is 35.2 Å². The standard InChI is InChI=1S/C21H28FO7PS/c1-20(2,3)18(23)26-12-28-30(25,29-13-27-19(24)21(4,5)6)17(22)15-7-8-16-14(11-15)9-10-31-16/h7-11,17H,12-13H2,1-6H3/t17-/m1/s1. The van der Waals surface area contributed by atoms with Gasteiger partial charge >= 0.3 is 19.5 Å². The lowest BCUT2D eigenvalue weighted by molar-refractivity contribution is -0.162. The normalized spacial score (nSPS) is 13.8. The van der Waals surface area contributed by atoms with E-state index in [1.807, 2.05) is 5.38 Å². The number of esters is 2. The highest BCUT2D eigenvalue weighted by Crippen LogP contribution is 2.62. The molecule has 2 rings (SSSR count). The fraction of sp³-hybridized carbons (Fsp3) is 0.524. The molecule has 172 valence electrons. The van der Waals surface area contributed by atoms with E-state index in [0.29, 0.717) is 0 Å². The zero-order chi connectivity index (χ0) is 23.4. The lowest BCUT2D eigenvalue weighted by atomic mass is 9.98. The van der Waals surface area contributed by atoms with Crippen molar-refractivity contribution in [3.63, 3.8) is 0 Å². The predicted molar refractivity (Wildman–Crippen MR) is 116 cm³/mol. The second-order valence-corrected chi connectivity index (χ2v) is 11.9. The van der Waals surface area contributed by atoms with E-state index in [0.717, 1.165) is 10.1 Å². The average Bonchev–Trinajstić information content (AvgIpc) is 3.13. The van der Waals surface area contributed by atoms with Crippen molar-refractivity contribution in [2.45, 2.75) is 47.5 Å². The summed E-state index contributed by atoms with van der Waals surface area (Å²) in [5.74, 6) is -3.42. The van der Waals surface area contributed by atoms with Gasteiger partial charge in [-0.2, -0.15) is 0 Å². The molecule has 0 unspecified atom stereocenters. The van der Waals surface area contributed by atoms with Crippen LogP contribution in [0.15, 0.2) is 29.6 Å². The lowest BCUT2D eigenvalue weighted by Crippen LogP contribution is -2.25. The van der Waals surface area contributed by atoms with E-state index in [1.165, 1.54) is 23.5 Å². The van der Waals surface area contributed by atoms with Crippen molar-refractivity contribution in [1.82, 2.24) is 0 Å². The molecule has 1 atom stereocenters. The molecule has 0 bridgehead atoms. The van der Waals surface area contributed by atoms with Gasteiger partial charge in [-0.3, -0.25) is 23.2 Å². The Morgan fingerprint density at radius 3 is 1.97 bits per heavy atom. The molecule has 1 aromatic heterocycles. The van der Waals surface area contributed by atoms with E-state index in [2.05, 4.69) is 0 Å². The van der Waals surface area contributed by atoms with Crippen molar-refractivity contribution in [3.8, 4) is 0 Å². The van der Waals surface area contributed by atoms with Crippen LogP contribution in [0.25, 0.3) is 10.1 Å². The minimum Gasteiger partial charge on any atom is -0.438 e. The van der Waals surface area contributed by atoms with Crippen molar-refractivity contribution >= 4 is 41.0 Å². The third kappa shape index (κ3) is 6.84. The first-order valence-electron chi connectivity index (χ1n) is 9.58. The average molecular weight is 474 g/mol. The van der Waals surface area contributed by atoms with Gasteiger partial charge in [0, 0.05) is 4.70 Å². The van der Waals surface area contributed by atoms with Gasteiger partial charge in [0.05, 0.1) is 10.8 Å². The number of carbonyl (C=O) groups excluding carboxylic acids is 2. The molecule has 0 aliphatic carbocycles. The van der Waals surface area contributed by atoms with Crippen LogP contribution in [0.4, 0.5) is 4.39 Å². The van der Waals surface area contributed by atoms with Gasteiger partial charge < -0.3 is 9.47 Å². The summed E-state index contributed by atoms with van der Waals surface area (Å²) < 4.78 is 49.6. The summed E-state index contributed by atoms with van der Waals surface area (Å²) in [5, 5.41) is 2.63. The summed E-state index contributed by atoms with van der Waals surface area (Å²) >= 11 is 1.48. The van der Waals surface area contributed by atoms with Crippen LogP contribution < -0.4 is 0 Å². The topological polar surface area (TPSA) is 88.1 Å². The monoisotopic (exact) mass is 474 g/mol. The summed E-state index contributed by atoms with van der Waals surface area (Å²) in [6.07, 6.45) is 0. The predicted octanol–water partition coefficient (Wildman–Crippen LogP) is 6.19. The van der Waals surface area contributed by atoms with Crippen LogP contribution in [0.5, 0.6) is 0 Å². The van der Waals surface area contributed by atoms with E-state index in [4.69, 9.17) is 18.5 Å². The van der Waals surface area contributed by atoms with Gasteiger partial charge in [0.25, 0.3) is 0 Å². The molecule has 0 saturated carbocycles. The first-order valence-corrected chi connectivity index (χ1v) is 12.1. The third-order valence-corrected chi connectivity index (χ3v) is 6.78. The highest BCUT2D eigenvalue weighted by molar-refractivity contribution is 7.54. The number of halogens is 1. The molecular formula is C21H28FO7PS. The third-order valence-electron chi connectivity index (χ3n) is 4.10. The van der Waals surface area contributed by atoms with Gasteiger partial charge in [-0.15, -0.1) is 11.3 Å². The number of hydrogen-bond donors (Lipinski definition) is 0. The second kappa shape index (κ2) is 9.77. The minimum atomic E-state index is -4.53. The van der Waals surface area contributed by atoms with E-state index in [-0.39, 0.29) is 5.56 Å². The molecule has 0 saturated heterocycles. The Kier molecular flexibility index (Phi) is 8.03. The number of fused-ring (bicyclic) bond motifs is 1.